The molecule has 0 atom stereocenters. The van der Waals surface area contributed by atoms with Crippen LogP contribution in [0.4, 0.5) is 0 Å². The summed E-state index contributed by atoms with van der Waals surface area (Å²) in [5.41, 5.74) is 17.8. The molecular formula is C55H33N3. The average Bonchev–Trinajstić information content (AvgIpc) is 3.92. The number of para-hydroxylation sites is 2. The van der Waals surface area contributed by atoms with Crippen LogP contribution in [0.2, 0.25) is 0 Å². The lowest BCUT2D eigenvalue weighted by Gasteiger charge is -2.11. The van der Waals surface area contributed by atoms with Gasteiger partial charge in [-0.05, 0) is 117 Å². The zero-order valence-corrected chi connectivity index (χ0v) is 31.4. The summed E-state index contributed by atoms with van der Waals surface area (Å²) in [5.74, 6) is 0. The van der Waals surface area contributed by atoms with Crippen LogP contribution in [0.15, 0.2) is 200 Å². The molecule has 0 unspecified atom stereocenters. The van der Waals surface area contributed by atoms with Gasteiger partial charge in [0.15, 0.2) is 0 Å². The first-order chi connectivity index (χ1) is 28.7. The Kier molecular flexibility index (Phi) is 6.44. The number of hydrogen-bond acceptors (Lipinski definition) is 1. The average molecular weight is 736 g/mol. The van der Waals surface area contributed by atoms with Gasteiger partial charge in [0.1, 0.15) is 0 Å². The van der Waals surface area contributed by atoms with Crippen LogP contribution in [0.1, 0.15) is 0 Å². The van der Waals surface area contributed by atoms with Crippen molar-refractivity contribution in [3.63, 3.8) is 0 Å². The highest BCUT2D eigenvalue weighted by atomic mass is 15.0. The molecule has 0 spiro atoms. The van der Waals surface area contributed by atoms with Gasteiger partial charge in [-0.2, -0.15) is 0 Å². The highest BCUT2D eigenvalue weighted by Gasteiger charge is 2.23. The van der Waals surface area contributed by atoms with Crippen LogP contribution in [0.25, 0.3) is 121 Å². The van der Waals surface area contributed by atoms with Gasteiger partial charge in [0.2, 0.25) is 0 Å². The molecule has 0 saturated carbocycles. The standard InChI is InChI=1S/C55H33N3/c1-2-11-36-30-40(27-20-34(36)10-1)58-52-19-8-6-15-44(52)47-32-38(24-29-54(47)58)37-23-28-53-46(31-37)43-14-5-7-18-51(43)57(53)39-25-21-35(22-26-39)50-33-48-42-13-4-3-12-41(42)45-16-9-17-49(56-50)55(45)48/h1-33H. The Labute approximate surface area is 334 Å². The Morgan fingerprint density at radius 2 is 0.845 bits per heavy atom. The van der Waals surface area contributed by atoms with Gasteiger partial charge in [-0.1, -0.05) is 127 Å². The van der Waals surface area contributed by atoms with E-state index in [0.29, 0.717) is 0 Å². The Bertz CT molecular complexity index is 3680. The van der Waals surface area contributed by atoms with Crippen LogP contribution >= 0.6 is 0 Å². The molecule has 0 radical (unpaired) electrons. The third-order valence-corrected chi connectivity index (χ3v) is 12.4. The Morgan fingerprint density at radius 1 is 0.310 bits per heavy atom. The van der Waals surface area contributed by atoms with Gasteiger partial charge < -0.3 is 9.13 Å². The lowest BCUT2D eigenvalue weighted by molar-refractivity contribution is 1.18. The fourth-order valence-electron chi connectivity index (χ4n) is 9.78. The lowest BCUT2D eigenvalue weighted by Crippen LogP contribution is -1.94. The van der Waals surface area contributed by atoms with Crippen LogP contribution in [-0.4, -0.2) is 14.1 Å². The molecule has 1 aliphatic carbocycles. The van der Waals surface area contributed by atoms with E-state index in [4.69, 9.17) is 4.98 Å². The van der Waals surface area contributed by atoms with E-state index in [1.165, 1.54) is 98.8 Å². The first-order valence-electron chi connectivity index (χ1n) is 20.0. The molecule has 0 bridgehead atoms. The number of benzene rings is 9. The van der Waals surface area contributed by atoms with Crippen molar-refractivity contribution in [2.75, 3.05) is 0 Å². The largest absolute Gasteiger partial charge is 0.309 e. The van der Waals surface area contributed by atoms with Gasteiger partial charge >= 0.3 is 0 Å². The predicted octanol–water partition coefficient (Wildman–Crippen LogP) is 14.6. The van der Waals surface area contributed by atoms with Crippen LogP contribution in [0.3, 0.4) is 0 Å². The zero-order valence-electron chi connectivity index (χ0n) is 31.4. The molecule has 3 aromatic heterocycles. The summed E-state index contributed by atoms with van der Waals surface area (Å²) >= 11 is 0. The number of aromatic nitrogens is 3. The van der Waals surface area contributed by atoms with E-state index < -0.39 is 0 Å². The molecule has 3 heteroatoms. The third-order valence-electron chi connectivity index (χ3n) is 12.4. The summed E-state index contributed by atoms with van der Waals surface area (Å²) in [7, 11) is 0. The molecule has 1 aliphatic rings. The van der Waals surface area contributed by atoms with Crippen LogP contribution in [-0.2, 0) is 0 Å². The molecule has 9 aromatic carbocycles. The van der Waals surface area contributed by atoms with Crippen LogP contribution in [0, 0.1) is 0 Å². The van der Waals surface area contributed by atoms with E-state index in [1.807, 2.05) is 0 Å². The first kappa shape index (κ1) is 31.5. The van der Waals surface area contributed by atoms with Crippen molar-refractivity contribution in [2.24, 2.45) is 0 Å². The Hall–Kier alpha value is -7.75. The van der Waals surface area contributed by atoms with Gasteiger partial charge in [0, 0.05) is 43.9 Å². The second-order valence-electron chi connectivity index (χ2n) is 15.5. The maximum Gasteiger partial charge on any atom is 0.0722 e. The monoisotopic (exact) mass is 735 g/mol. The Balaban J connectivity index is 0.913. The first-order valence-corrected chi connectivity index (χ1v) is 20.0. The summed E-state index contributed by atoms with van der Waals surface area (Å²) in [6.45, 7) is 0. The Morgan fingerprint density at radius 3 is 1.55 bits per heavy atom. The molecule has 3 nitrogen and oxygen atoms in total. The molecule has 58 heavy (non-hydrogen) atoms. The summed E-state index contributed by atoms with van der Waals surface area (Å²) in [6.07, 6.45) is 0. The molecular weight excluding hydrogens is 703 g/mol. The summed E-state index contributed by atoms with van der Waals surface area (Å²) in [6, 6.07) is 73.2. The minimum absolute atomic E-state index is 0.993. The van der Waals surface area contributed by atoms with E-state index >= 15 is 0 Å². The van der Waals surface area contributed by atoms with Crippen molar-refractivity contribution in [2.45, 2.75) is 0 Å². The van der Waals surface area contributed by atoms with Gasteiger partial charge in [-0.3, -0.25) is 0 Å². The highest BCUT2D eigenvalue weighted by Crippen LogP contribution is 2.48. The number of rotatable bonds is 4. The van der Waals surface area contributed by atoms with E-state index in [2.05, 4.69) is 209 Å². The quantitative estimate of drug-likeness (QED) is 0.176. The number of nitrogens with zero attached hydrogens (tertiary/aromatic N) is 3. The van der Waals surface area contributed by atoms with Crippen LogP contribution < -0.4 is 0 Å². The minimum Gasteiger partial charge on any atom is -0.309 e. The normalized spacial score (nSPS) is 12.1. The predicted molar refractivity (Wildman–Crippen MR) is 243 cm³/mol. The van der Waals surface area contributed by atoms with Gasteiger partial charge in [-0.25, -0.2) is 4.98 Å². The van der Waals surface area contributed by atoms with Crippen molar-refractivity contribution >= 4 is 65.3 Å². The molecule has 0 N–H and O–H groups in total. The fraction of sp³-hybridized carbons (Fsp3) is 0. The molecule has 268 valence electrons. The van der Waals surface area contributed by atoms with Gasteiger partial charge in [-0.15, -0.1) is 0 Å². The van der Waals surface area contributed by atoms with Gasteiger partial charge in [0.05, 0.1) is 33.3 Å². The van der Waals surface area contributed by atoms with Gasteiger partial charge in [0.25, 0.3) is 0 Å². The number of pyridine rings is 1. The van der Waals surface area contributed by atoms with Crippen molar-refractivity contribution in [1.29, 1.82) is 0 Å². The molecule has 0 saturated heterocycles. The summed E-state index contributed by atoms with van der Waals surface area (Å²) in [5, 5.41) is 8.73. The number of fused-ring (bicyclic) bond motifs is 10. The van der Waals surface area contributed by atoms with E-state index in [0.717, 1.165) is 22.5 Å². The van der Waals surface area contributed by atoms with E-state index in [9.17, 15) is 0 Å². The molecule has 0 aliphatic heterocycles. The second-order valence-corrected chi connectivity index (χ2v) is 15.5. The smallest absolute Gasteiger partial charge is 0.0722 e. The van der Waals surface area contributed by atoms with Crippen LogP contribution in [0.5, 0.6) is 0 Å². The SMILES string of the molecule is c1ccc2c(c1)-c1cccc3nc(-c4ccc(-n5c6ccccc6c6cc(-c7ccc8c(c7)c7ccccc7n8-c7ccc8ccccc8c7)ccc65)cc4)cc-2c13. The van der Waals surface area contributed by atoms with Crippen molar-refractivity contribution in [3.8, 4) is 56.0 Å². The maximum absolute atomic E-state index is 5.18. The van der Waals surface area contributed by atoms with E-state index in [-0.39, 0.29) is 0 Å². The molecule has 0 amide bonds. The molecule has 12 aromatic rings. The maximum atomic E-state index is 5.18. The third kappa shape index (κ3) is 4.47. The molecule has 3 heterocycles. The molecule has 0 fully saturated rings. The topological polar surface area (TPSA) is 22.8 Å². The van der Waals surface area contributed by atoms with E-state index in [1.54, 1.807) is 0 Å². The zero-order chi connectivity index (χ0) is 37.9. The summed E-state index contributed by atoms with van der Waals surface area (Å²) < 4.78 is 4.80. The van der Waals surface area contributed by atoms with Crippen molar-refractivity contribution in [3.05, 3.63) is 200 Å². The molecule has 13 rings (SSSR count). The lowest BCUT2D eigenvalue weighted by atomic mass is 10.0. The number of hydrogen-bond donors (Lipinski definition) is 0. The highest BCUT2D eigenvalue weighted by molar-refractivity contribution is 6.15. The van der Waals surface area contributed by atoms with Crippen molar-refractivity contribution < 1.29 is 0 Å². The second kappa shape index (κ2) is 11.9. The summed E-state index contributed by atoms with van der Waals surface area (Å²) in [4.78, 5) is 5.18. The van der Waals surface area contributed by atoms with Crippen molar-refractivity contribution in [1.82, 2.24) is 14.1 Å². The minimum atomic E-state index is 0.993. The fourth-order valence-corrected chi connectivity index (χ4v) is 9.78.